The highest BCUT2D eigenvalue weighted by Gasteiger charge is 2.36. The molecule has 0 heterocycles. The smallest absolute Gasteiger partial charge is 0.115 e. The van der Waals surface area contributed by atoms with Gasteiger partial charge in [0.05, 0.1) is 0 Å². The molecule has 2 rings (SSSR count). The van der Waals surface area contributed by atoms with Crippen molar-refractivity contribution in [2.24, 2.45) is 17.3 Å². The van der Waals surface area contributed by atoms with Crippen LogP contribution in [0.5, 0.6) is 5.75 Å². The third kappa shape index (κ3) is 2.88. The van der Waals surface area contributed by atoms with Crippen LogP contribution >= 0.6 is 0 Å². The van der Waals surface area contributed by atoms with Gasteiger partial charge in [-0.25, -0.2) is 0 Å². The van der Waals surface area contributed by atoms with Crippen LogP contribution in [-0.2, 0) is 0 Å². The molecule has 1 aromatic carbocycles. The molecule has 0 aromatic heterocycles. The Morgan fingerprint density at radius 2 is 1.78 bits per heavy atom. The Bertz CT molecular complexity index is 389. The van der Waals surface area contributed by atoms with Gasteiger partial charge in [-0.3, -0.25) is 0 Å². The van der Waals surface area contributed by atoms with Gasteiger partial charge in [0, 0.05) is 0 Å². The second-order valence-corrected chi connectivity index (χ2v) is 7.01. The maximum Gasteiger partial charge on any atom is 0.115 e. The lowest BCUT2D eigenvalue weighted by Crippen LogP contribution is -2.31. The van der Waals surface area contributed by atoms with E-state index in [0.29, 0.717) is 17.1 Å². The molecule has 1 aromatic rings. The van der Waals surface area contributed by atoms with Crippen molar-refractivity contribution in [3.8, 4) is 5.75 Å². The summed E-state index contributed by atoms with van der Waals surface area (Å²) < 4.78 is 0. The molecule has 1 aliphatic carbocycles. The molecule has 0 spiro atoms. The number of benzene rings is 1. The van der Waals surface area contributed by atoms with Crippen molar-refractivity contribution in [3.05, 3.63) is 29.8 Å². The van der Waals surface area contributed by atoms with Gasteiger partial charge in [-0.15, -0.1) is 0 Å². The Kier molecular flexibility index (Phi) is 3.70. The SMILES string of the molecule is CC(C)C1CCC(C)(C)CC1c1ccc(O)cc1. The quantitative estimate of drug-likeness (QED) is 0.782. The van der Waals surface area contributed by atoms with E-state index in [1.54, 1.807) is 0 Å². The van der Waals surface area contributed by atoms with Gasteiger partial charge in [0.2, 0.25) is 0 Å². The lowest BCUT2D eigenvalue weighted by atomic mass is 9.62. The zero-order valence-corrected chi connectivity index (χ0v) is 12.1. The van der Waals surface area contributed by atoms with Crippen LogP contribution in [0.1, 0.15) is 58.4 Å². The minimum absolute atomic E-state index is 0.370. The van der Waals surface area contributed by atoms with Gasteiger partial charge < -0.3 is 5.11 Å². The Labute approximate surface area is 111 Å². The first-order valence-corrected chi connectivity index (χ1v) is 7.18. The van der Waals surface area contributed by atoms with Crippen LogP contribution in [0, 0.1) is 17.3 Å². The molecule has 2 unspecified atom stereocenters. The average Bonchev–Trinajstić information content (AvgIpc) is 2.28. The zero-order valence-electron chi connectivity index (χ0n) is 12.1. The van der Waals surface area contributed by atoms with Gasteiger partial charge in [0.15, 0.2) is 0 Å². The number of hydrogen-bond donors (Lipinski definition) is 1. The van der Waals surface area contributed by atoms with Crippen molar-refractivity contribution < 1.29 is 5.11 Å². The molecule has 18 heavy (non-hydrogen) atoms. The minimum Gasteiger partial charge on any atom is -0.508 e. The number of rotatable bonds is 2. The predicted molar refractivity (Wildman–Crippen MR) is 76.8 cm³/mol. The van der Waals surface area contributed by atoms with Crippen molar-refractivity contribution in [3.63, 3.8) is 0 Å². The molecule has 100 valence electrons. The Morgan fingerprint density at radius 3 is 2.33 bits per heavy atom. The van der Waals surface area contributed by atoms with Crippen LogP contribution in [0.25, 0.3) is 0 Å². The normalized spacial score (nSPS) is 27.4. The third-order valence-electron chi connectivity index (χ3n) is 4.62. The molecular formula is C17H26O. The van der Waals surface area contributed by atoms with E-state index in [9.17, 15) is 5.11 Å². The van der Waals surface area contributed by atoms with Crippen LogP contribution in [-0.4, -0.2) is 5.11 Å². The maximum atomic E-state index is 9.43. The molecule has 1 heteroatoms. The molecule has 0 saturated heterocycles. The van der Waals surface area contributed by atoms with Gasteiger partial charge >= 0.3 is 0 Å². The van der Waals surface area contributed by atoms with E-state index in [2.05, 4.69) is 39.8 Å². The molecule has 2 atom stereocenters. The Morgan fingerprint density at radius 1 is 1.17 bits per heavy atom. The monoisotopic (exact) mass is 246 g/mol. The molecular weight excluding hydrogens is 220 g/mol. The number of aromatic hydroxyl groups is 1. The molecule has 0 bridgehead atoms. The molecule has 0 aliphatic heterocycles. The largest absolute Gasteiger partial charge is 0.508 e. The van der Waals surface area contributed by atoms with Gasteiger partial charge in [-0.05, 0) is 60.1 Å². The highest BCUT2D eigenvalue weighted by Crippen LogP contribution is 2.49. The van der Waals surface area contributed by atoms with Crippen molar-refractivity contribution in [1.82, 2.24) is 0 Å². The summed E-state index contributed by atoms with van der Waals surface area (Å²) in [7, 11) is 0. The molecule has 1 saturated carbocycles. The Balaban J connectivity index is 2.27. The van der Waals surface area contributed by atoms with Crippen LogP contribution < -0.4 is 0 Å². The topological polar surface area (TPSA) is 20.2 Å². The van der Waals surface area contributed by atoms with E-state index < -0.39 is 0 Å². The summed E-state index contributed by atoms with van der Waals surface area (Å²) in [6.45, 7) is 9.46. The van der Waals surface area contributed by atoms with E-state index in [0.717, 1.165) is 11.8 Å². The third-order valence-corrected chi connectivity index (χ3v) is 4.62. The molecule has 0 amide bonds. The number of phenols is 1. The standard InChI is InChI=1S/C17H26O/c1-12(2)15-9-10-17(3,4)11-16(15)13-5-7-14(18)8-6-13/h5-8,12,15-16,18H,9-11H2,1-4H3. The zero-order chi connectivity index (χ0) is 13.3. The summed E-state index contributed by atoms with van der Waals surface area (Å²) in [6, 6.07) is 7.87. The van der Waals surface area contributed by atoms with Crippen LogP contribution in [0.2, 0.25) is 0 Å². The van der Waals surface area contributed by atoms with E-state index in [4.69, 9.17) is 0 Å². The first kappa shape index (κ1) is 13.5. The second kappa shape index (κ2) is 4.95. The van der Waals surface area contributed by atoms with E-state index in [1.807, 2.05) is 12.1 Å². The molecule has 1 aliphatic rings. The fourth-order valence-electron chi connectivity index (χ4n) is 3.49. The van der Waals surface area contributed by atoms with Crippen LogP contribution in [0.4, 0.5) is 0 Å². The summed E-state index contributed by atoms with van der Waals surface area (Å²) >= 11 is 0. The van der Waals surface area contributed by atoms with Crippen LogP contribution in [0.15, 0.2) is 24.3 Å². The first-order chi connectivity index (χ1) is 8.39. The first-order valence-electron chi connectivity index (χ1n) is 7.18. The summed E-state index contributed by atoms with van der Waals surface area (Å²) in [6.07, 6.45) is 3.93. The predicted octanol–water partition coefficient (Wildman–Crippen LogP) is 4.96. The van der Waals surface area contributed by atoms with E-state index in [-0.39, 0.29) is 0 Å². The van der Waals surface area contributed by atoms with Crippen molar-refractivity contribution in [2.75, 3.05) is 0 Å². The highest BCUT2D eigenvalue weighted by atomic mass is 16.3. The minimum atomic E-state index is 0.370. The average molecular weight is 246 g/mol. The fraction of sp³-hybridized carbons (Fsp3) is 0.647. The maximum absolute atomic E-state index is 9.43. The second-order valence-electron chi connectivity index (χ2n) is 7.01. The molecule has 1 nitrogen and oxygen atoms in total. The van der Waals surface area contributed by atoms with Gasteiger partial charge in [-0.2, -0.15) is 0 Å². The summed E-state index contributed by atoms with van der Waals surface area (Å²) in [5, 5.41) is 9.43. The van der Waals surface area contributed by atoms with Crippen molar-refractivity contribution in [1.29, 1.82) is 0 Å². The van der Waals surface area contributed by atoms with Crippen LogP contribution in [0.3, 0.4) is 0 Å². The van der Waals surface area contributed by atoms with Gasteiger partial charge in [-0.1, -0.05) is 39.8 Å². The van der Waals surface area contributed by atoms with E-state index >= 15 is 0 Å². The fourth-order valence-corrected chi connectivity index (χ4v) is 3.49. The summed E-state index contributed by atoms with van der Waals surface area (Å²) in [4.78, 5) is 0. The Hall–Kier alpha value is -0.980. The molecule has 1 fully saturated rings. The summed E-state index contributed by atoms with van der Waals surface area (Å²) in [5.74, 6) is 2.53. The molecule has 1 N–H and O–H groups in total. The molecule has 0 radical (unpaired) electrons. The number of hydrogen-bond acceptors (Lipinski definition) is 1. The lowest BCUT2D eigenvalue weighted by Gasteiger charge is -2.43. The summed E-state index contributed by atoms with van der Waals surface area (Å²) in [5.41, 5.74) is 1.85. The van der Waals surface area contributed by atoms with Crippen molar-refractivity contribution >= 4 is 0 Å². The van der Waals surface area contributed by atoms with E-state index in [1.165, 1.54) is 24.8 Å². The van der Waals surface area contributed by atoms with Gasteiger partial charge in [0.25, 0.3) is 0 Å². The lowest BCUT2D eigenvalue weighted by molar-refractivity contribution is 0.131. The number of phenolic OH excluding ortho intramolecular Hbond substituents is 1. The van der Waals surface area contributed by atoms with Crippen molar-refractivity contribution in [2.45, 2.75) is 52.9 Å². The van der Waals surface area contributed by atoms with Gasteiger partial charge in [0.1, 0.15) is 5.75 Å². The highest BCUT2D eigenvalue weighted by molar-refractivity contribution is 5.29.